The van der Waals surface area contributed by atoms with Gasteiger partial charge in [0, 0.05) is 0 Å². The van der Waals surface area contributed by atoms with Crippen LogP contribution in [0.4, 0.5) is 0 Å². The summed E-state index contributed by atoms with van der Waals surface area (Å²) in [7, 11) is 0. The van der Waals surface area contributed by atoms with E-state index in [4.69, 9.17) is 20.4 Å². The third-order valence-corrected chi connectivity index (χ3v) is 2.38. The van der Waals surface area contributed by atoms with Crippen LogP contribution in [-0.4, -0.2) is 33.0 Å². The molecule has 0 amide bonds. The highest BCUT2D eigenvalue weighted by Crippen LogP contribution is 2.05. The Morgan fingerprint density at radius 1 is 0.588 bits per heavy atom. The third-order valence-electron chi connectivity index (χ3n) is 2.38. The normalized spacial score (nSPS) is 10.6. The quantitative estimate of drug-likeness (QED) is 0.373. The van der Waals surface area contributed by atoms with Gasteiger partial charge in [0.1, 0.15) is 0 Å². The lowest BCUT2D eigenvalue weighted by Gasteiger charge is -2.01. The van der Waals surface area contributed by atoms with Crippen molar-refractivity contribution in [2.75, 3.05) is 0 Å². The summed E-state index contributed by atoms with van der Waals surface area (Å²) < 4.78 is 0. The monoisotopic (exact) mass is 250 g/mol. The molecule has 0 aromatic heterocycles. The van der Waals surface area contributed by atoms with Gasteiger partial charge in [-0.2, -0.15) is 0 Å². The van der Waals surface area contributed by atoms with Gasteiger partial charge in [0.2, 0.25) is 0 Å². The Labute approximate surface area is 105 Å². The fourth-order valence-electron chi connectivity index (χ4n) is 1.32. The molecule has 0 aromatic rings. The molecule has 0 fully saturated rings. The van der Waals surface area contributed by atoms with Gasteiger partial charge in [0.05, 0.1) is 0 Å². The van der Waals surface area contributed by atoms with E-state index in [-0.39, 0.29) is 0 Å². The summed E-state index contributed by atoms with van der Waals surface area (Å²) in [5, 5.41) is 33.4. The van der Waals surface area contributed by atoms with Crippen LogP contribution < -0.4 is 0 Å². The second kappa shape index (κ2) is 15.8. The van der Waals surface area contributed by atoms with Crippen molar-refractivity contribution in [1.82, 2.24) is 0 Å². The molecule has 0 aliphatic heterocycles. The summed E-state index contributed by atoms with van der Waals surface area (Å²) in [4.78, 5) is 0. The van der Waals surface area contributed by atoms with Gasteiger partial charge in [-0.3, -0.25) is 0 Å². The van der Waals surface area contributed by atoms with Crippen molar-refractivity contribution in [1.29, 1.82) is 0 Å². The lowest BCUT2D eigenvalue weighted by atomic mass is 10.1. The summed E-state index contributed by atoms with van der Waals surface area (Å²) in [6, 6.07) is 0. The van der Waals surface area contributed by atoms with Gasteiger partial charge in [-0.25, -0.2) is 0 Å². The summed E-state index contributed by atoms with van der Waals surface area (Å²) in [5.74, 6) is 0. The van der Waals surface area contributed by atoms with Crippen LogP contribution in [0.3, 0.4) is 0 Å². The minimum Gasteiger partial charge on any atom is -0.368 e. The van der Waals surface area contributed by atoms with Crippen molar-refractivity contribution < 1.29 is 20.4 Å². The average molecular weight is 250 g/mol. The standard InChI is InChI=1S/C8H18O2.C5H12O2/c1-2-3-4-5-6-7-8(9)10;1-2-3-4-5(6)7/h8-10H,2-7H2,1H3;5-7H,2-4H2,1H3. The van der Waals surface area contributed by atoms with E-state index < -0.39 is 12.6 Å². The molecule has 17 heavy (non-hydrogen) atoms. The molecule has 0 heterocycles. The zero-order valence-corrected chi connectivity index (χ0v) is 11.3. The Morgan fingerprint density at radius 3 is 1.35 bits per heavy atom. The summed E-state index contributed by atoms with van der Waals surface area (Å²) >= 11 is 0. The summed E-state index contributed by atoms with van der Waals surface area (Å²) in [6.07, 6.45) is 6.58. The maximum Gasteiger partial charge on any atom is 0.151 e. The minimum absolute atomic E-state index is 0.510. The van der Waals surface area contributed by atoms with Crippen LogP contribution in [0.15, 0.2) is 0 Å². The Hall–Kier alpha value is -0.160. The molecular formula is C13H30O4. The second-order valence-electron chi connectivity index (χ2n) is 4.31. The van der Waals surface area contributed by atoms with E-state index in [1.165, 1.54) is 19.3 Å². The smallest absolute Gasteiger partial charge is 0.151 e. The van der Waals surface area contributed by atoms with E-state index in [0.717, 1.165) is 25.7 Å². The van der Waals surface area contributed by atoms with Gasteiger partial charge in [0.25, 0.3) is 0 Å². The van der Waals surface area contributed by atoms with E-state index in [2.05, 4.69) is 6.92 Å². The van der Waals surface area contributed by atoms with Crippen LogP contribution in [0, 0.1) is 0 Å². The summed E-state index contributed by atoms with van der Waals surface area (Å²) in [6.45, 7) is 4.18. The molecule has 0 aromatic carbocycles. The van der Waals surface area contributed by atoms with Crippen molar-refractivity contribution in [3.05, 3.63) is 0 Å². The first-order valence-electron chi connectivity index (χ1n) is 6.76. The van der Waals surface area contributed by atoms with Crippen LogP contribution in [0.25, 0.3) is 0 Å². The molecule has 0 rings (SSSR count). The molecule has 0 saturated carbocycles. The zero-order valence-electron chi connectivity index (χ0n) is 11.3. The van der Waals surface area contributed by atoms with E-state index in [0.29, 0.717) is 12.8 Å². The molecule has 106 valence electrons. The number of aliphatic hydroxyl groups is 4. The Balaban J connectivity index is 0. The van der Waals surface area contributed by atoms with Crippen LogP contribution in [-0.2, 0) is 0 Å². The Bertz CT molecular complexity index is 127. The minimum atomic E-state index is -1.10. The van der Waals surface area contributed by atoms with Crippen LogP contribution in [0.5, 0.6) is 0 Å². The Morgan fingerprint density at radius 2 is 1.00 bits per heavy atom. The molecule has 4 heteroatoms. The zero-order chi connectivity index (χ0) is 13.5. The fourth-order valence-corrected chi connectivity index (χ4v) is 1.32. The van der Waals surface area contributed by atoms with E-state index >= 15 is 0 Å². The molecule has 0 spiro atoms. The number of unbranched alkanes of at least 4 members (excludes halogenated alkanes) is 5. The van der Waals surface area contributed by atoms with Crippen molar-refractivity contribution in [3.63, 3.8) is 0 Å². The molecule has 0 bridgehead atoms. The molecular weight excluding hydrogens is 220 g/mol. The van der Waals surface area contributed by atoms with Crippen LogP contribution in [0.1, 0.15) is 71.6 Å². The second-order valence-corrected chi connectivity index (χ2v) is 4.31. The predicted octanol–water partition coefficient (Wildman–Crippen LogP) is 2.14. The van der Waals surface area contributed by atoms with Gasteiger partial charge >= 0.3 is 0 Å². The van der Waals surface area contributed by atoms with Gasteiger partial charge in [0.15, 0.2) is 12.6 Å². The van der Waals surface area contributed by atoms with Crippen molar-refractivity contribution in [2.24, 2.45) is 0 Å². The van der Waals surface area contributed by atoms with E-state index in [9.17, 15) is 0 Å². The third kappa shape index (κ3) is 25.8. The van der Waals surface area contributed by atoms with Gasteiger partial charge in [-0.05, 0) is 25.7 Å². The summed E-state index contributed by atoms with van der Waals surface area (Å²) in [5.41, 5.74) is 0. The highest BCUT2D eigenvalue weighted by atomic mass is 16.5. The molecule has 4 nitrogen and oxygen atoms in total. The van der Waals surface area contributed by atoms with Crippen molar-refractivity contribution in [3.8, 4) is 0 Å². The number of hydrogen-bond donors (Lipinski definition) is 4. The molecule has 0 aliphatic carbocycles. The molecule has 0 unspecified atom stereocenters. The highest BCUT2D eigenvalue weighted by molar-refractivity contribution is 4.44. The largest absolute Gasteiger partial charge is 0.368 e. The topological polar surface area (TPSA) is 80.9 Å². The van der Waals surface area contributed by atoms with Crippen molar-refractivity contribution in [2.45, 2.75) is 84.2 Å². The van der Waals surface area contributed by atoms with Gasteiger partial charge in [-0.15, -0.1) is 0 Å². The molecule has 4 N–H and O–H groups in total. The predicted molar refractivity (Wildman–Crippen MR) is 69.4 cm³/mol. The average Bonchev–Trinajstić information content (AvgIpc) is 2.26. The van der Waals surface area contributed by atoms with Crippen LogP contribution in [0.2, 0.25) is 0 Å². The van der Waals surface area contributed by atoms with Gasteiger partial charge < -0.3 is 20.4 Å². The lowest BCUT2D eigenvalue weighted by molar-refractivity contribution is -0.0471. The molecule has 0 saturated heterocycles. The lowest BCUT2D eigenvalue weighted by Crippen LogP contribution is -2.02. The fraction of sp³-hybridized carbons (Fsp3) is 1.00. The van der Waals surface area contributed by atoms with E-state index in [1.807, 2.05) is 6.92 Å². The maximum atomic E-state index is 8.46. The van der Waals surface area contributed by atoms with Crippen molar-refractivity contribution >= 4 is 0 Å². The van der Waals surface area contributed by atoms with E-state index in [1.54, 1.807) is 0 Å². The number of hydrogen-bond acceptors (Lipinski definition) is 4. The number of rotatable bonds is 9. The molecule has 0 radical (unpaired) electrons. The highest BCUT2D eigenvalue weighted by Gasteiger charge is 1.95. The van der Waals surface area contributed by atoms with Gasteiger partial charge in [-0.1, -0.05) is 46.0 Å². The Kier molecular flexibility index (Phi) is 17.9. The molecule has 0 atom stereocenters. The first kappa shape index (κ1) is 19.2. The first-order chi connectivity index (χ1) is 8.04. The first-order valence-corrected chi connectivity index (χ1v) is 6.76. The van der Waals surface area contributed by atoms with Crippen LogP contribution >= 0.6 is 0 Å². The molecule has 0 aliphatic rings. The SMILES string of the molecule is CCCCC(O)O.CCCCCCCC(O)O. The maximum absolute atomic E-state index is 8.46. The number of aliphatic hydroxyl groups excluding tert-OH is 2.